The number of rotatable bonds is 8. The summed E-state index contributed by atoms with van der Waals surface area (Å²) in [5.74, 6) is -0.562. The van der Waals surface area contributed by atoms with Gasteiger partial charge in [-0.05, 0) is 59.4 Å². The summed E-state index contributed by atoms with van der Waals surface area (Å²) < 4.78 is 35.2. The van der Waals surface area contributed by atoms with Crippen LogP contribution >= 0.6 is 0 Å². The van der Waals surface area contributed by atoms with Crippen LogP contribution in [0.4, 0.5) is 5.69 Å². The van der Waals surface area contributed by atoms with Crippen molar-refractivity contribution in [2.45, 2.75) is 17.7 Å². The number of anilines is 1. The minimum atomic E-state index is -4.00. The molecule has 0 aliphatic heterocycles. The summed E-state index contributed by atoms with van der Waals surface area (Å²) in [5.41, 5.74) is 11.5. The van der Waals surface area contributed by atoms with Gasteiger partial charge >= 0.3 is 0 Å². The van der Waals surface area contributed by atoms with Crippen LogP contribution in [0.2, 0.25) is 0 Å². The van der Waals surface area contributed by atoms with Gasteiger partial charge in [0, 0.05) is 17.2 Å². The van der Waals surface area contributed by atoms with Crippen LogP contribution in [0.25, 0.3) is 12.2 Å². The molecule has 1 aliphatic carbocycles. The Balaban J connectivity index is 0.000000388. The van der Waals surface area contributed by atoms with Crippen molar-refractivity contribution in [3.8, 4) is 17.2 Å². The Labute approximate surface area is 295 Å². The van der Waals surface area contributed by atoms with E-state index in [1.807, 2.05) is 42.5 Å². The van der Waals surface area contributed by atoms with E-state index in [2.05, 4.69) is 48.6 Å². The van der Waals surface area contributed by atoms with Gasteiger partial charge in [0.05, 0.1) is 21.7 Å². The number of hydrogen-bond acceptors (Lipinski definition) is 7. The lowest BCUT2D eigenvalue weighted by molar-refractivity contribution is 0.0977. The standard InChI is InChI=1S/C36H27NO4.C6H6O3S/c37-34-31(22-30(38)32-33(34)36(40)29-9-5-4-8-28(29)35(32)39)41-27-20-18-26(19-21-27)17-16-25-14-12-24(13-15-25)11-10-23-6-2-1-3-7-23;7-10(8,9)6-4-2-1-3-5-6/h1-15,18-22,38H,16-17,37H2;1-5H,(H,7,8,9). The molecule has 51 heavy (non-hydrogen) atoms. The van der Waals surface area contributed by atoms with Crippen molar-refractivity contribution in [1.29, 1.82) is 0 Å². The molecule has 0 bridgehead atoms. The molecule has 0 spiro atoms. The lowest BCUT2D eigenvalue weighted by Crippen LogP contribution is -2.22. The zero-order valence-corrected chi connectivity index (χ0v) is 28.1. The number of aryl methyl sites for hydroxylation is 2. The first kappa shape index (κ1) is 34.6. The van der Waals surface area contributed by atoms with Crippen LogP contribution in [0.1, 0.15) is 54.1 Å². The number of hydrogen-bond donors (Lipinski definition) is 3. The van der Waals surface area contributed by atoms with Crippen molar-refractivity contribution in [3.05, 3.63) is 184 Å². The normalized spacial score (nSPS) is 12.1. The Morgan fingerprint density at radius 3 is 1.61 bits per heavy atom. The Morgan fingerprint density at radius 1 is 0.608 bits per heavy atom. The minimum absolute atomic E-state index is 0.0248. The lowest BCUT2D eigenvalue weighted by atomic mass is 9.82. The van der Waals surface area contributed by atoms with Crippen LogP contribution < -0.4 is 10.5 Å². The maximum absolute atomic E-state index is 13.2. The second kappa shape index (κ2) is 15.1. The number of carbonyl (C=O) groups excluding carboxylic acids is 2. The number of fused-ring (bicyclic) bond motifs is 2. The van der Waals surface area contributed by atoms with Gasteiger partial charge in [-0.25, -0.2) is 0 Å². The summed E-state index contributed by atoms with van der Waals surface area (Å²) in [5, 5.41) is 10.7. The number of ketones is 2. The summed E-state index contributed by atoms with van der Waals surface area (Å²) in [6.45, 7) is 0. The topological polar surface area (TPSA) is 144 Å². The van der Waals surface area contributed by atoms with Crippen LogP contribution in [0.15, 0.2) is 144 Å². The highest BCUT2D eigenvalue weighted by Gasteiger charge is 2.35. The van der Waals surface area contributed by atoms with E-state index in [-0.39, 0.29) is 44.3 Å². The molecule has 0 radical (unpaired) electrons. The SMILES string of the molecule is Nc1c(Oc2ccc(CCc3ccc(C=Cc4ccccc4)cc3)cc2)cc(O)c2c1C(=O)c1ccccc1C2=O.O=S(=O)(O)c1ccccc1. The molecule has 0 atom stereocenters. The van der Waals surface area contributed by atoms with E-state index in [9.17, 15) is 23.1 Å². The van der Waals surface area contributed by atoms with Crippen LogP contribution in [-0.2, 0) is 23.0 Å². The van der Waals surface area contributed by atoms with Crippen LogP contribution in [0, 0.1) is 0 Å². The monoisotopic (exact) mass is 695 g/mol. The molecule has 9 heteroatoms. The molecule has 7 rings (SSSR count). The van der Waals surface area contributed by atoms with Gasteiger partial charge in [-0.3, -0.25) is 14.1 Å². The van der Waals surface area contributed by atoms with Gasteiger partial charge in [-0.2, -0.15) is 8.42 Å². The third-order valence-electron chi connectivity index (χ3n) is 8.32. The zero-order chi connectivity index (χ0) is 36.0. The molecular formula is C42H33NO7S. The maximum atomic E-state index is 13.2. The third-order valence-corrected chi connectivity index (χ3v) is 9.19. The summed E-state index contributed by atoms with van der Waals surface area (Å²) in [6.07, 6.45) is 5.97. The molecule has 254 valence electrons. The highest BCUT2D eigenvalue weighted by Crippen LogP contribution is 2.42. The van der Waals surface area contributed by atoms with E-state index in [0.717, 1.165) is 24.0 Å². The summed E-state index contributed by atoms with van der Waals surface area (Å²) >= 11 is 0. The fraction of sp³-hybridized carbons (Fsp3) is 0.0476. The van der Waals surface area contributed by atoms with E-state index < -0.39 is 21.7 Å². The van der Waals surface area contributed by atoms with Gasteiger partial charge in [0.2, 0.25) is 0 Å². The van der Waals surface area contributed by atoms with Gasteiger partial charge in [0.25, 0.3) is 10.1 Å². The number of benzene rings is 6. The van der Waals surface area contributed by atoms with Gasteiger partial charge in [-0.15, -0.1) is 0 Å². The van der Waals surface area contributed by atoms with Gasteiger partial charge in [-0.1, -0.05) is 121 Å². The predicted octanol–water partition coefficient (Wildman–Crippen LogP) is 8.43. The first-order valence-corrected chi connectivity index (χ1v) is 17.5. The smallest absolute Gasteiger partial charge is 0.294 e. The predicted molar refractivity (Wildman–Crippen MR) is 198 cm³/mol. The molecule has 0 heterocycles. The number of nitrogen functional groups attached to an aromatic ring is 1. The Hall–Kier alpha value is -6.29. The highest BCUT2D eigenvalue weighted by molar-refractivity contribution is 7.85. The fourth-order valence-corrected chi connectivity index (χ4v) is 6.14. The van der Waals surface area contributed by atoms with Crippen molar-refractivity contribution >= 4 is 39.5 Å². The number of nitrogens with two attached hydrogens (primary N) is 1. The third kappa shape index (κ3) is 8.13. The average molecular weight is 696 g/mol. The summed E-state index contributed by atoms with van der Waals surface area (Å²) in [4.78, 5) is 26.1. The summed E-state index contributed by atoms with van der Waals surface area (Å²) in [6, 6.07) is 41.6. The number of phenolic OH excluding ortho intramolecular Hbond substituents is 1. The van der Waals surface area contributed by atoms with Crippen molar-refractivity contribution in [1.82, 2.24) is 0 Å². The van der Waals surface area contributed by atoms with E-state index in [4.69, 9.17) is 15.0 Å². The van der Waals surface area contributed by atoms with E-state index in [1.165, 1.54) is 29.3 Å². The van der Waals surface area contributed by atoms with Gasteiger partial charge in [0.15, 0.2) is 17.3 Å². The van der Waals surface area contributed by atoms with Crippen LogP contribution in [0.3, 0.4) is 0 Å². The van der Waals surface area contributed by atoms with Gasteiger partial charge in [0.1, 0.15) is 11.5 Å². The molecule has 6 aromatic carbocycles. The van der Waals surface area contributed by atoms with Crippen LogP contribution in [-0.4, -0.2) is 29.6 Å². The van der Waals surface area contributed by atoms with Crippen molar-refractivity contribution in [2.24, 2.45) is 0 Å². The molecule has 1 aliphatic rings. The first-order chi connectivity index (χ1) is 24.6. The average Bonchev–Trinajstić information content (AvgIpc) is 3.15. The molecule has 4 N–H and O–H groups in total. The second-order valence-electron chi connectivity index (χ2n) is 11.8. The van der Waals surface area contributed by atoms with E-state index >= 15 is 0 Å². The van der Waals surface area contributed by atoms with Crippen molar-refractivity contribution < 1.29 is 32.4 Å². The molecular weight excluding hydrogens is 663 g/mol. The molecule has 6 aromatic rings. The largest absolute Gasteiger partial charge is 0.507 e. The molecule has 0 fully saturated rings. The number of carbonyl (C=O) groups is 2. The first-order valence-electron chi connectivity index (χ1n) is 16.0. The lowest BCUT2D eigenvalue weighted by Gasteiger charge is -2.21. The minimum Gasteiger partial charge on any atom is -0.507 e. The fourth-order valence-electron chi connectivity index (χ4n) is 5.64. The Morgan fingerprint density at radius 2 is 1.08 bits per heavy atom. The molecule has 0 saturated heterocycles. The quantitative estimate of drug-likeness (QED) is 0.0622. The maximum Gasteiger partial charge on any atom is 0.294 e. The van der Waals surface area contributed by atoms with Crippen molar-refractivity contribution in [3.63, 3.8) is 0 Å². The number of ether oxygens (including phenoxy) is 1. The van der Waals surface area contributed by atoms with E-state index in [1.54, 1.807) is 42.5 Å². The number of aromatic hydroxyl groups is 1. The molecule has 0 aromatic heterocycles. The van der Waals surface area contributed by atoms with Gasteiger partial charge < -0.3 is 15.6 Å². The molecule has 8 nitrogen and oxygen atoms in total. The van der Waals surface area contributed by atoms with Crippen LogP contribution in [0.5, 0.6) is 17.2 Å². The van der Waals surface area contributed by atoms with E-state index in [0.29, 0.717) is 5.75 Å². The highest BCUT2D eigenvalue weighted by atomic mass is 32.2. The zero-order valence-electron chi connectivity index (χ0n) is 27.3. The molecule has 0 unspecified atom stereocenters. The number of phenols is 1. The summed E-state index contributed by atoms with van der Waals surface area (Å²) in [7, 11) is -4.00. The second-order valence-corrected chi connectivity index (χ2v) is 13.2. The molecule has 0 amide bonds. The Kier molecular flexibility index (Phi) is 10.2. The van der Waals surface area contributed by atoms with Crippen molar-refractivity contribution in [2.75, 3.05) is 5.73 Å². The Bertz CT molecular complexity index is 2340. The molecule has 0 saturated carbocycles.